The fourth-order valence-electron chi connectivity index (χ4n) is 1.49. The van der Waals surface area contributed by atoms with E-state index in [2.05, 4.69) is 0 Å². The van der Waals surface area contributed by atoms with Gasteiger partial charge >= 0.3 is 0 Å². The molecule has 4 nitrogen and oxygen atoms in total. The summed E-state index contributed by atoms with van der Waals surface area (Å²) in [7, 11) is -2.68. The highest BCUT2D eigenvalue weighted by atomic mass is 32.2. The second-order valence-electron chi connectivity index (χ2n) is 4.10. The summed E-state index contributed by atoms with van der Waals surface area (Å²) in [4.78, 5) is -0.609. The largest absolute Gasteiger partial charge is 0.394 e. The maximum atomic E-state index is 13.8. The Morgan fingerprint density at radius 2 is 2.00 bits per heavy atom. The Kier molecular flexibility index (Phi) is 5.17. The third-order valence-corrected chi connectivity index (χ3v) is 5.58. The monoisotopic (exact) mass is 310 g/mol. The van der Waals surface area contributed by atoms with Crippen LogP contribution in [0.1, 0.15) is 6.92 Å². The Morgan fingerprint density at radius 3 is 2.53 bits per heavy atom. The van der Waals surface area contributed by atoms with Gasteiger partial charge < -0.3 is 5.73 Å². The summed E-state index contributed by atoms with van der Waals surface area (Å²) in [5.74, 6) is -1.66. The first-order valence-corrected chi connectivity index (χ1v) is 8.27. The van der Waals surface area contributed by atoms with Gasteiger partial charge in [0, 0.05) is 18.8 Å². The second kappa shape index (κ2) is 6.06. The van der Waals surface area contributed by atoms with E-state index in [4.69, 9.17) is 5.73 Å². The molecule has 0 radical (unpaired) electrons. The zero-order chi connectivity index (χ0) is 14.8. The van der Waals surface area contributed by atoms with Gasteiger partial charge in [-0.15, -0.1) is 0 Å². The lowest BCUT2D eigenvalue weighted by molar-refractivity contribution is 0.411. The molecule has 1 aromatic carbocycles. The predicted octanol–water partition coefficient (Wildman–Crippen LogP) is 1.92. The van der Waals surface area contributed by atoms with E-state index in [1.807, 2.05) is 6.26 Å². The maximum absolute atomic E-state index is 13.8. The Morgan fingerprint density at radius 1 is 1.42 bits per heavy atom. The van der Waals surface area contributed by atoms with Gasteiger partial charge in [-0.25, -0.2) is 17.2 Å². The van der Waals surface area contributed by atoms with Gasteiger partial charge in [-0.2, -0.15) is 16.1 Å². The summed E-state index contributed by atoms with van der Waals surface area (Å²) in [5, 5.41) is 0. The first-order valence-electron chi connectivity index (χ1n) is 5.44. The first kappa shape index (κ1) is 16.2. The number of hydrogen-bond acceptors (Lipinski definition) is 4. The number of halogens is 2. The fourth-order valence-corrected chi connectivity index (χ4v) is 3.72. The van der Waals surface area contributed by atoms with E-state index >= 15 is 0 Å². The quantitative estimate of drug-likeness (QED) is 0.844. The summed E-state index contributed by atoms with van der Waals surface area (Å²) in [6, 6.07) is 1.42. The highest BCUT2D eigenvalue weighted by Gasteiger charge is 2.29. The van der Waals surface area contributed by atoms with Crippen molar-refractivity contribution in [3.63, 3.8) is 0 Å². The molecule has 0 aliphatic heterocycles. The van der Waals surface area contributed by atoms with Crippen molar-refractivity contribution in [3.8, 4) is 0 Å². The molecular weight excluding hydrogens is 294 g/mol. The molecule has 19 heavy (non-hydrogen) atoms. The van der Waals surface area contributed by atoms with Crippen molar-refractivity contribution < 1.29 is 17.2 Å². The molecule has 8 heteroatoms. The minimum atomic E-state index is -4.03. The molecule has 0 aliphatic rings. The smallest absolute Gasteiger partial charge is 0.246 e. The van der Waals surface area contributed by atoms with Crippen molar-refractivity contribution in [1.29, 1.82) is 0 Å². The Bertz CT molecular complexity index is 564. The minimum Gasteiger partial charge on any atom is -0.394 e. The van der Waals surface area contributed by atoms with Crippen molar-refractivity contribution in [2.24, 2.45) is 0 Å². The van der Waals surface area contributed by atoms with Crippen molar-refractivity contribution in [2.75, 3.05) is 24.8 Å². The summed E-state index contributed by atoms with van der Waals surface area (Å²) in [6.45, 7) is 1.71. The van der Waals surface area contributed by atoms with Crippen LogP contribution in [0.2, 0.25) is 0 Å². The highest BCUT2D eigenvalue weighted by molar-refractivity contribution is 7.98. The van der Waals surface area contributed by atoms with E-state index in [-0.39, 0.29) is 6.04 Å². The van der Waals surface area contributed by atoms with Gasteiger partial charge in [-0.05, 0) is 25.3 Å². The Hall–Kier alpha value is -0.860. The zero-order valence-electron chi connectivity index (χ0n) is 10.9. The molecule has 1 unspecified atom stereocenters. The van der Waals surface area contributed by atoms with E-state index in [0.717, 1.165) is 16.4 Å². The van der Waals surface area contributed by atoms with Crippen molar-refractivity contribution in [1.82, 2.24) is 4.31 Å². The molecule has 2 N–H and O–H groups in total. The molecule has 1 atom stereocenters. The number of nitrogen functional groups attached to an aromatic ring is 1. The lowest BCUT2D eigenvalue weighted by Crippen LogP contribution is -2.37. The average Bonchev–Trinajstić information content (AvgIpc) is 2.35. The van der Waals surface area contributed by atoms with Crippen LogP contribution in [0.25, 0.3) is 0 Å². The number of sulfonamides is 1. The third kappa shape index (κ3) is 3.18. The number of thioether (sulfide) groups is 1. The van der Waals surface area contributed by atoms with Crippen LogP contribution in [0, 0.1) is 11.6 Å². The Labute approximate surface area is 116 Å². The summed E-state index contributed by atoms with van der Waals surface area (Å²) in [5.41, 5.74) is 4.39. The van der Waals surface area contributed by atoms with Crippen LogP contribution in [0.3, 0.4) is 0 Å². The van der Waals surface area contributed by atoms with Crippen LogP contribution in [-0.2, 0) is 10.0 Å². The van der Waals surface area contributed by atoms with Crippen molar-refractivity contribution in [2.45, 2.75) is 17.9 Å². The van der Waals surface area contributed by atoms with E-state index < -0.39 is 32.2 Å². The second-order valence-corrected chi connectivity index (χ2v) is 6.98. The molecule has 0 bridgehead atoms. The number of hydrogen-bond donors (Lipinski definition) is 1. The van der Waals surface area contributed by atoms with Gasteiger partial charge in [-0.1, -0.05) is 0 Å². The molecular formula is C11H16F2N2O2S2. The van der Waals surface area contributed by atoms with E-state index in [0.29, 0.717) is 5.75 Å². The zero-order valence-corrected chi connectivity index (χ0v) is 12.5. The third-order valence-electron chi connectivity index (χ3n) is 2.78. The molecule has 1 rings (SSSR count). The Balaban J connectivity index is 3.25. The normalized spacial score (nSPS) is 13.8. The summed E-state index contributed by atoms with van der Waals surface area (Å²) < 4.78 is 52.4. The molecule has 0 spiro atoms. The topological polar surface area (TPSA) is 63.4 Å². The highest BCUT2D eigenvalue weighted by Crippen LogP contribution is 2.26. The van der Waals surface area contributed by atoms with Gasteiger partial charge in [0.25, 0.3) is 0 Å². The number of rotatable bonds is 5. The van der Waals surface area contributed by atoms with Crippen LogP contribution < -0.4 is 5.73 Å². The molecule has 0 heterocycles. The SMILES string of the molecule is CSCC(C)N(C)S(=O)(=O)c1ccc(F)c(N)c1F. The maximum Gasteiger partial charge on any atom is 0.246 e. The predicted molar refractivity (Wildman–Crippen MR) is 73.6 cm³/mol. The number of anilines is 1. The summed E-state index contributed by atoms with van der Waals surface area (Å²) >= 11 is 1.47. The lowest BCUT2D eigenvalue weighted by atomic mass is 10.3. The average molecular weight is 310 g/mol. The van der Waals surface area contributed by atoms with Crippen LogP contribution in [0.4, 0.5) is 14.5 Å². The number of nitrogens with two attached hydrogens (primary N) is 1. The molecule has 0 saturated carbocycles. The molecule has 0 fully saturated rings. The fraction of sp³-hybridized carbons (Fsp3) is 0.455. The van der Waals surface area contributed by atoms with Crippen LogP contribution in [0.15, 0.2) is 17.0 Å². The van der Waals surface area contributed by atoms with Gasteiger partial charge in [0.05, 0.1) is 0 Å². The van der Waals surface area contributed by atoms with Crippen LogP contribution >= 0.6 is 11.8 Å². The molecule has 1 aromatic rings. The van der Waals surface area contributed by atoms with Crippen molar-refractivity contribution in [3.05, 3.63) is 23.8 Å². The van der Waals surface area contributed by atoms with Gasteiger partial charge in [0.15, 0.2) is 5.82 Å². The van der Waals surface area contributed by atoms with Crippen molar-refractivity contribution >= 4 is 27.5 Å². The standard InChI is InChI=1S/C11H16F2N2O2S2/c1-7(6-18-3)15(2)19(16,17)9-5-4-8(12)11(14)10(9)13/h4-5,7H,6,14H2,1-3H3. The van der Waals surface area contributed by atoms with Gasteiger partial charge in [-0.3, -0.25) is 0 Å². The summed E-state index contributed by atoms with van der Waals surface area (Å²) in [6.07, 6.45) is 1.84. The van der Waals surface area contributed by atoms with Gasteiger partial charge in [0.1, 0.15) is 16.4 Å². The molecule has 0 saturated heterocycles. The van der Waals surface area contributed by atoms with Crippen LogP contribution in [0.5, 0.6) is 0 Å². The molecule has 108 valence electrons. The van der Waals surface area contributed by atoms with E-state index in [1.54, 1.807) is 6.92 Å². The number of benzene rings is 1. The minimum absolute atomic E-state index is 0.314. The molecule has 0 aliphatic carbocycles. The lowest BCUT2D eigenvalue weighted by Gasteiger charge is -2.24. The number of nitrogens with zero attached hydrogens (tertiary/aromatic N) is 1. The molecule has 0 amide bonds. The van der Waals surface area contributed by atoms with E-state index in [9.17, 15) is 17.2 Å². The van der Waals surface area contributed by atoms with E-state index in [1.165, 1.54) is 18.8 Å². The molecule has 0 aromatic heterocycles. The first-order chi connectivity index (χ1) is 8.73. The van der Waals surface area contributed by atoms with Gasteiger partial charge in [0.2, 0.25) is 10.0 Å². The van der Waals surface area contributed by atoms with Crippen LogP contribution in [-0.4, -0.2) is 37.8 Å².